The topological polar surface area (TPSA) is 437 Å². The number of carbonyl (C=O) groups is 7. The van der Waals surface area contributed by atoms with Crippen molar-refractivity contribution in [3.63, 3.8) is 0 Å². The molecular formula is C56H80N8O21S. The summed E-state index contributed by atoms with van der Waals surface area (Å²) in [5, 5.41) is 127. The van der Waals surface area contributed by atoms with Gasteiger partial charge >= 0.3 is 0 Å². The van der Waals surface area contributed by atoms with Crippen LogP contribution in [0.5, 0.6) is 17.2 Å². The van der Waals surface area contributed by atoms with Crippen LogP contribution in [0.3, 0.4) is 0 Å². The van der Waals surface area contributed by atoms with Crippen LogP contribution < -0.4 is 40.8 Å². The van der Waals surface area contributed by atoms with E-state index in [1.807, 2.05) is 6.07 Å². The van der Waals surface area contributed by atoms with Gasteiger partial charge in [0.1, 0.15) is 42.0 Å². The number of phenolic OH excluding ortho intramolecular Hbond substituents is 1. The molecule has 3 fully saturated rings. The smallest absolute Gasteiger partial charge is 0.261 e. The van der Waals surface area contributed by atoms with Crippen LogP contribution in [0.4, 0.5) is 0 Å². The molecule has 0 radical (unpaired) electrons. The highest BCUT2D eigenvalue weighted by atomic mass is 32.2. The van der Waals surface area contributed by atoms with Gasteiger partial charge in [0.15, 0.2) is 11.5 Å². The fourth-order valence-electron chi connectivity index (χ4n) is 10.5. The maximum absolute atomic E-state index is 14.9. The highest BCUT2D eigenvalue weighted by Gasteiger charge is 2.50. The lowest BCUT2D eigenvalue weighted by Crippen LogP contribution is -2.64. The fourth-order valence-corrected chi connectivity index (χ4v) is 10.7. The number of carbonyl (C=O) groups excluding carboxylic acids is 7. The van der Waals surface area contributed by atoms with Gasteiger partial charge in [-0.3, -0.25) is 33.6 Å². The minimum Gasteiger partial charge on any atom is -0.504 e. The van der Waals surface area contributed by atoms with Crippen LogP contribution in [0.2, 0.25) is 0 Å². The third-order valence-corrected chi connectivity index (χ3v) is 15.7. The molecule has 0 unspecified atom stereocenters. The number of fused-ring (bicyclic) bond motifs is 3. The predicted octanol–water partition coefficient (Wildman–Crippen LogP) is -2.46. The summed E-state index contributed by atoms with van der Waals surface area (Å²) < 4.78 is 15.3. The van der Waals surface area contributed by atoms with E-state index in [1.54, 1.807) is 24.3 Å². The Bertz CT molecular complexity index is 2780. The second-order valence-corrected chi connectivity index (χ2v) is 22.3. The molecule has 16 N–H and O–H groups in total. The minimum atomic E-state index is -2.15. The van der Waals surface area contributed by atoms with E-state index in [0.29, 0.717) is 17.7 Å². The molecule has 3 aromatic carbocycles. The van der Waals surface area contributed by atoms with E-state index in [0.717, 1.165) is 60.3 Å². The number of hydrogen-bond acceptors (Lipinski definition) is 23. The van der Waals surface area contributed by atoms with E-state index in [2.05, 4.69) is 48.2 Å². The molecule has 86 heavy (non-hydrogen) atoms. The molecule has 6 rings (SSSR count). The molecule has 3 heterocycles. The van der Waals surface area contributed by atoms with Gasteiger partial charge in [-0.15, -0.1) is 0 Å². The molecule has 30 heteroatoms. The van der Waals surface area contributed by atoms with Crippen molar-refractivity contribution in [2.75, 3.05) is 46.0 Å². The quantitative estimate of drug-likeness (QED) is 0.0191. The maximum Gasteiger partial charge on any atom is 0.261 e. The largest absolute Gasteiger partial charge is 0.504 e. The third-order valence-electron chi connectivity index (χ3n) is 15.3. The number of aliphatic hydroxyl groups is 8. The van der Waals surface area contributed by atoms with Crippen LogP contribution in [-0.2, 0) is 44.6 Å². The molecule has 0 spiro atoms. The lowest BCUT2D eigenvalue weighted by atomic mass is 9.98. The van der Waals surface area contributed by atoms with Crippen molar-refractivity contribution in [3.05, 3.63) is 65.7 Å². The van der Waals surface area contributed by atoms with Crippen LogP contribution in [0.1, 0.15) is 88.1 Å². The fraction of sp³-hybridized carbons (Fsp3) is 0.589. The Morgan fingerprint density at radius 2 is 1.45 bits per heavy atom. The average molecular weight is 1230 g/mol. The number of nitrogens with one attached hydrogen (secondary N) is 6. The van der Waals surface area contributed by atoms with Gasteiger partial charge in [0, 0.05) is 50.4 Å². The van der Waals surface area contributed by atoms with Gasteiger partial charge in [-0.1, -0.05) is 67.1 Å². The van der Waals surface area contributed by atoms with Crippen LogP contribution in [0.15, 0.2) is 54.6 Å². The number of β-amino-alcohol motifs (C(OH)–C–C–N with tert-alkyl or cyclic N) is 1. The van der Waals surface area contributed by atoms with Crippen molar-refractivity contribution >= 4 is 64.4 Å². The molecule has 0 bridgehead atoms. The maximum atomic E-state index is 14.9. The average Bonchev–Trinajstić information content (AvgIpc) is 1.85. The SMILES string of the molecule is CCCCCCCOc1ccc2cc(C(=O)N[C@H]3C[C@@H](O)CNC(=O)[C@@H]4[C@@H](O)[C@@H](C)CN4C(=O)[C@H]([C@H](O)CCNC(CO)CO)NC(=O)[C@H]([C@H](O)Cc4ccc(O)c(OSOOO)c4)NC(=O)[C@@H]4C[C@@H](O)CN4C(=O)[C@H]([C@@H](C)O)NC3=O)ccc2c1. The molecule has 29 nitrogen and oxygen atoms in total. The molecule has 0 saturated carbocycles. The Labute approximate surface area is 499 Å². The second kappa shape index (κ2) is 33.0. The molecule has 0 aliphatic carbocycles. The summed E-state index contributed by atoms with van der Waals surface area (Å²) >= 11 is 0.0695. The van der Waals surface area contributed by atoms with Gasteiger partial charge in [0.2, 0.25) is 35.4 Å². The zero-order valence-corrected chi connectivity index (χ0v) is 48.7. The van der Waals surface area contributed by atoms with Crippen molar-refractivity contribution in [2.24, 2.45) is 5.92 Å². The molecule has 3 saturated heterocycles. The number of benzene rings is 3. The van der Waals surface area contributed by atoms with E-state index in [1.165, 1.54) is 25.1 Å². The van der Waals surface area contributed by atoms with Gasteiger partial charge in [0.05, 0.1) is 62.5 Å². The first kappa shape index (κ1) is 68.6. The Morgan fingerprint density at radius 3 is 2.16 bits per heavy atom. The van der Waals surface area contributed by atoms with E-state index >= 15 is 0 Å². The Kier molecular flexibility index (Phi) is 26.3. The number of amides is 7. The summed E-state index contributed by atoms with van der Waals surface area (Å²) in [6.45, 7) is 2.40. The van der Waals surface area contributed by atoms with Gasteiger partial charge in [-0.2, -0.15) is 0 Å². The van der Waals surface area contributed by atoms with Crippen LogP contribution >= 0.6 is 12.3 Å². The number of aromatic hydroxyl groups is 1. The number of ether oxygens (including phenoxy) is 1. The summed E-state index contributed by atoms with van der Waals surface area (Å²) in [5.41, 5.74) is 0.173. The standard InChI is InChI=1S/C56H80N8O21S/c1-4-5-6-7-8-17-82-38-13-12-32-20-34(11-10-33(32)21-38)50(74)59-39-22-36(68)24-58-54(78)48-49(73)29(2)25-64(48)56(80)47(42(71)15-16-57-35(27-65)28-66)62-53(77)46(43(72)18-31-9-14-41(70)44(19-31)83-86-85-84-81)61-52(76)40-23-37(69)26-63(40)55(79)45(30(3)67)60-51(39)75/h9-14,19-21,29-30,35-37,39-40,42-43,45-49,57,65-73,81H,4-8,15-18,22-28H2,1-3H3,(H,58,78)(H,59,74)(H,60,75)(H,61,76)(H,62,77)/t29-,30+,36+,37+,39-,40-,42+,43+,45-,46-,47-,48-,49-/m0/s1. The highest BCUT2D eigenvalue weighted by molar-refractivity contribution is 7.90. The monoisotopic (exact) mass is 1230 g/mol. The lowest BCUT2D eigenvalue weighted by molar-refractivity contribution is -0.433. The first-order chi connectivity index (χ1) is 41.1. The number of nitrogens with zero attached hydrogens (tertiary/aromatic N) is 2. The van der Waals surface area contributed by atoms with E-state index in [9.17, 15) is 79.5 Å². The highest BCUT2D eigenvalue weighted by Crippen LogP contribution is 2.32. The Morgan fingerprint density at radius 1 is 0.767 bits per heavy atom. The molecular weight excluding hydrogens is 1150 g/mol. The van der Waals surface area contributed by atoms with Gasteiger partial charge < -0.3 is 96.6 Å². The first-order valence-corrected chi connectivity index (χ1v) is 29.2. The van der Waals surface area contributed by atoms with E-state index < -0.39 is 184 Å². The molecule has 3 aromatic rings. The van der Waals surface area contributed by atoms with Crippen molar-refractivity contribution in [2.45, 2.75) is 157 Å². The van der Waals surface area contributed by atoms with Crippen molar-refractivity contribution in [3.8, 4) is 17.2 Å². The van der Waals surface area contributed by atoms with Crippen molar-refractivity contribution in [1.29, 1.82) is 0 Å². The van der Waals surface area contributed by atoms with Crippen LogP contribution in [0.25, 0.3) is 10.8 Å². The third kappa shape index (κ3) is 18.5. The summed E-state index contributed by atoms with van der Waals surface area (Å²) in [6, 6.07) is 1.37. The summed E-state index contributed by atoms with van der Waals surface area (Å²) in [6.07, 6.45) is -7.25. The zero-order valence-electron chi connectivity index (χ0n) is 47.9. The second-order valence-electron chi connectivity index (χ2n) is 21.9. The van der Waals surface area contributed by atoms with Gasteiger partial charge in [0.25, 0.3) is 18.2 Å². The molecule has 3 aliphatic heterocycles. The molecule has 13 atom stereocenters. The van der Waals surface area contributed by atoms with Gasteiger partial charge in [-0.25, -0.2) is 5.26 Å². The van der Waals surface area contributed by atoms with Crippen molar-refractivity contribution < 1.29 is 103 Å². The molecule has 3 aliphatic rings. The Hall–Kier alpha value is -6.52. The van der Waals surface area contributed by atoms with E-state index in [4.69, 9.17) is 14.2 Å². The van der Waals surface area contributed by atoms with Gasteiger partial charge in [-0.05, 0) is 79.0 Å². The Balaban J connectivity index is 1.37. The van der Waals surface area contributed by atoms with Crippen LogP contribution in [-0.4, -0.2) is 227 Å². The van der Waals surface area contributed by atoms with Crippen LogP contribution in [0, 0.1) is 5.92 Å². The lowest BCUT2D eigenvalue weighted by Gasteiger charge is -2.34. The molecule has 476 valence electrons. The summed E-state index contributed by atoms with van der Waals surface area (Å²) in [7, 11) is 0. The molecule has 0 aromatic heterocycles. The number of rotatable bonds is 24. The van der Waals surface area contributed by atoms with Crippen molar-refractivity contribution in [1.82, 2.24) is 41.7 Å². The minimum absolute atomic E-state index is 0.0635. The number of unbranched alkanes of at least 4 members (excludes halogenated alkanes) is 4. The normalized spacial score (nSPS) is 25.7. The zero-order chi connectivity index (χ0) is 62.8. The van der Waals surface area contributed by atoms with E-state index in [-0.39, 0.29) is 42.3 Å². The predicted molar refractivity (Wildman–Crippen MR) is 305 cm³/mol. The molecule has 7 amide bonds. The number of phenols is 1. The summed E-state index contributed by atoms with van der Waals surface area (Å²) in [4.78, 5) is 104. The number of hydrogen-bond donors (Lipinski definition) is 16. The summed E-state index contributed by atoms with van der Waals surface area (Å²) in [5.74, 6) is -8.87. The number of aliphatic hydroxyl groups excluding tert-OH is 8. The first-order valence-electron chi connectivity index (χ1n) is 28.5.